The molecular formula is C12H16F2N2. The van der Waals surface area contributed by atoms with E-state index in [-0.39, 0.29) is 6.04 Å². The van der Waals surface area contributed by atoms with Crippen LogP contribution in [0.1, 0.15) is 18.9 Å². The van der Waals surface area contributed by atoms with Gasteiger partial charge in [0, 0.05) is 12.1 Å². The van der Waals surface area contributed by atoms with Crippen LogP contribution in [0, 0.1) is 11.6 Å². The molecule has 0 bridgehead atoms. The van der Waals surface area contributed by atoms with Crippen LogP contribution < -0.4 is 11.3 Å². The molecule has 0 radical (unpaired) electrons. The average Bonchev–Trinajstić information content (AvgIpc) is 2.20. The third kappa shape index (κ3) is 3.72. The lowest BCUT2D eigenvalue weighted by Gasteiger charge is -2.16. The Labute approximate surface area is 94.1 Å². The van der Waals surface area contributed by atoms with Crippen molar-refractivity contribution in [3.8, 4) is 0 Å². The number of hydrogen-bond acceptors (Lipinski definition) is 2. The van der Waals surface area contributed by atoms with E-state index in [0.717, 1.165) is 11.6 Å². The zero-order chi connectivity index (χ0) is 12.1. The fourth-order valence-corrected chi connectivity index (χ4v) is 1.56. The van der Waals surface area contributed by atoms with E-state index in [2.05, 4.69) is 12.0 Å². The zero-order valence-corrected chi connectivity index (χ0v) is 9.26. The Morgan fingerprint density at radius 1 is 1.50 bits per heavy atom. The Kier molecular flexibility index (Phi) is 4.58. The van der Waals surface area contributed by atoms with Crippen LogP contribution in [0.3, 0.4) is 0 Å². The van der Waals surface area contributed by atoms with Gasteiger partial charge in [-0.15, -0.1) is 6.58 Å². The van der Waals surface area contributed by atoms with E-state index in [1.54, 1.807) is 0 Å². The lowest BCUT2D eigenvalue weighted by atomic mass is 10.0. The monoisotopic (exact) mass is 226 g/mol. The molecule has 0 aliphatic rings. The van der Waals surface area contributed by atoms with Crippen LogP contribution in [0.5, 0.6) is 0 Å². The first-order valence-corrected chi connectivity index (χ1v) is 5.07. The summed E-state index contributed by atoms with van der Waals surface area (Å²) in [6, 6.07) is 3.47. The van der Waals surface area contributed by atoms with Crippen LogP contribution in [0.25, 0.3) is 0 Å². The number of halogens is 2. The van der Waals surface area contributed by atoms with Gasteiger partial charge in [-0.25, -0.2) is 8.78 Å². The summed E-state index contributed by atoms with van der Waals surface area (Å²) in [6.07, 6.45) is 1.07. The van der Waals surface area contributed by atoms with Gasteiger partial charge in [-0.1, -0.05) is 11.6 Å². The number of benzene rings is 1. The van der Waals surface area contributed by atoms with E-state index in [4.69, 9.17) is 5.84 Å². The van der Waals surface area contributed by atoms with E-state index in [1.165, 1.54) is 12.1 Å². The highest BCUT2D eigenvalue weighted by Crippen LogP contribution is 2.14. The van der Waals surface area contributed by atoms with Gasteiger partial charge in [0.15, 0.2) is 0 Å². The molecule has 0 aliphatic heterocycles. The minimum Gasteiger partial charge on any atom is -0.271 e. The molecule has 4 heteroatoms. The molecule has 0 saturated heterocycles. The third-order valence-electron chi connectivity index (χ3n) is 2.31. The standard InChI is InChI=1S/C12H16F2N2/c1-8(2)5-11(16-15)6-9-3-4-10(13)7-12(9)14/h3-4,7,11,16H,1,5-6,15H2,2H3. The zero-order valence-electron chi connectivity index (χ0n) is 9.26. The highest BCUT2D eigenvalue weighted by molar-refractivity contribution is 5.20. The predicted molar refractivity (Wildman–Crippen MR) is 60.6 cm³/mol. The van der Waals surface area contributed by atoms with Gasteiger partial charge in [0.05, 0.1) is 0 Å². The molecular weight excluding hydrogens is 210 g/mol. The molecule has 0 fully saturated rings. The molecule has 1 unspecified atom stereocenters. The Morgan fingerprint density at radius 2 is 2.19 bits per heavy atom. The van der Waals surface area contributed by atoms with E-state index in [0.29, 0.717) is 18.4 Å². The summed E-state index contributed by atoms with van der Waals surface area (Å²) in [4.78, 5) is 0. The van der Waals surface area contributed by atoms with Crippen molar-refractivity contribution in [3.05, 3.63) is 47.5 Å². The van der Waals surface area contributed by atoms with E-state index >= 15 is 0 Å². The van der Waals surface area contributed by atoms with Gasteiger partial charge in [0.1, 0.15) is 11.6 Å². The largest absolute Gasteiger partial charge is 0.271 e. The smallest absolute Gasteiger partial charge is 0.129 e. The van der Waals surface area contributed by atoms with Crippen molar-refractivity contribution in [2.24, 2.45) is 5.84 Å². The highest BCUT2D eigenvalue weighted by atomic mass is 19.1. The summed E-state index contributed by atoms with van der Waals surface area (Å²) in [5.74, 6) is 4.25. The first kappa shape index (κ1) is 12.8. The molecule has 3 N–H and O–H groups in total. The Hall–Kier alpha value is -1.26. The molecule has 16 heavy (non-hydrogen) atoms. The van der Waals surface area contributed by atoms with Gasteiger partial charge in [-0.2, -0.15) is 0 Å². The second-order valence-electron chi connectivity index (χ2n) is 3.96. The number of hydrogen-bond donors (Lipinski definition) is 2. The van der Waals surface area contributed by atoms with Crippen LogP contribution in [-0.4, -0.2) is 6.04 Å². The number of nitrogens with two attached hydrogens (primary N) is 1. The van der Waals surface area contributed by atoms with Crippen molar-refractivity contribution in [2.75, 3.05) is 0 Å². The van der Waals surface area contributed by atoms with E-state index in [1.807, 2.05) is 6.92 Å². The molecule has 1 aromatic rings. The minimum atomic E-state index is -0.571. The maximum absolute atomic E-state index is 13.4. The van der Waals surface area contributed by atoms with Crippen molar-refractivity contribution in [3.63, 3.8) is 0 Å². The SMILES string of the molecule is C=C(C)CC(Cc1ccc(F)cc1F)NN. The molecule has 1 aromatic carbocycles. The maximum Gasteiger partial charge on any atom is 0.129 e. The van der Waals surface area contributed by atoms with Crippen molar-refractivity contribution in [2.45, 2.75) is 25.8 Å². The fourth-order valence-electron chi connectivity index (χ4n) is 1.56. The molecule has 0 aliphatic carbocycles. The first-order valence-electron chi connectivity index (χ1n) is 5.07. The van der Waals surface area contributed by atoms with Crippen molar-refractivity contribution < 1.29 is 8.78 Å². The van der Waals surface area contributed by atoms with Crippen LogP contribution in [0.4, 0.5) is 8.78 Å². The molecule has 2 nitrogen and oxygen atoms in total. The van der Waals surface area contributed by atoms with Gasteiger partial charge >= 0.3 is 0 Å². The Balaban J connectivity index is 2.73. The van der Waals surface area contributed by atoms with Gasteiger partial charge < -0.3 is 0 Å². The second-order valence-corrected chi connectivity index (χ2v) is 3.96. The van der Waals surface area contributed by atoms with Crippen LogP contribution in [0.2, 0.25) is 0 Å². The molecule has 0 amide bonds. The molecule has 0 heterocycles. The molecule has 0 saturated carbocycles. The van der Waals surface area contributed by atoms with Crippen molar-refractivity contribution >= 4 is 0 Å². The summed E-state index contributed by atoms with van der Waals surface area (Å²) in [5.41, 5.74) is 4.02. The molecule has 1 atom stereocenters. The first-order chi connectivity index (χ1) is 7.52. The fraction of sp³-hybridized carbons (Fsp3) is 0.333. The summed E-state index contributed by atoms with van der Waals surface area (Å²) in [5, 5.41) is 0. The maximum atomic E-state index is 13.4. The molecule has 0 spiro atoms. The highest BCUT2D eigenvalue weighted by Gasteiger charge is 2.11. The Bertz CT molecular complexity index is 377. The third-order valence-corrected chi connectivity index (χ3v) is 2.31. The topological polar surface area (TPSA) is 38.0 Å². The van der Waals surface area contributed by atoms with Crippen LogP contribution in [-0.2, 0) is 6.42 Å². The number of hydrazine groups is 1. The molecule has 0 aromatic heterocycles. The second kappa shape index (κ2) is 5.72. The normalized spacial score (nSPS) is 12.5. The van der Waals surface area contributed by atoms with E-state index in [9.17, 15) is 8.78 Å². The summed E-state index contributed by atoms with van der Waals surface area (Å²) in [7, 11) is 0. The van der Waals surface area contributed by atoms with Gasteiger partial charge in [0.25, 0.3) is 0 Å². The molecule has 88 valence electrons. The minimum absolute atomic E-state index is 0.0857. The lowest BCUT2D eigenvalue weighted by molar-refractivity contribution is 0.501. The predicted octanol–water partition coefficient (Wildman–Crippen LogP) is 2.31. The van der Waals surface area contributed by atoms with Crippen LogP contribution in [0.15, 0.2) is 30.4 Å². The lowest BCUT2D eigenvalue weighted by Crippen LogP contribution is -2.37. The van der Waals surface area contributed by atoms with Crippen molar-refractivity contribution in [1.29, 1.82) is 0 Å². The average molecular weight is 226 g/mol. The summed E-state index contributed by atoms with van der Waals surface area (Å²) >= 11 is 0. The Morgan fingerprint density at radius 3 is 2.69 bits per heavy atom. The number of nitrogens with one attached hydrogen (secondary N) is 1. The van der Waals surface area contributed by atoms with Gasteiger partial charge in [0.2, 0.25) is 0 Å². The van der Waals surface area contributed by atoms with Gasteiger partial charge in [-0.3, -0.25) is 11.3 Å². The van der Waals surface area contributed by atoms with Crippen molar-refractivity contribution in [1.82, 2.24) is 5.43 Å². The number of rotatable bonds is 5. The van der Waals surface area contributed by atoms with Crippen LogP contribution >= 0.6 is 0 Å². The van der Waals surface area contributed by atoms with Gasteiger partial charge in [-0.05, 0) is 31.4 Å². The summed E-state index contributed by atoms with van der Waals surface area (Å²) in [6.45, 7) is 5.65. The summed E-state index contributed by atoms with van der Waals surface area (Å²) < 4.78 is 26.0. The molecule has 1 rings (SSSR count). The van der Waals surface area contributed by atoms with E-state index < -0.39 is 11.6 Å². The quantitative estimate of drug-likeness (QED) is 0.459.